The van der Waals surface area contributed by atoms with Crippen molar-refractivity contribution < 1.29 is 22.4 Å². The zero-order chi connectivity index (χ0) is 15.2. The number of aryl methyl sites for hydroxylation is 2. The second-order valence-corrected chi connectivity index (χ2v) is 7.36. The molecule has 118 valence electrons. The molecular weight excluding hydrogens is 296 g/mol. The molecule has 0 amide bonds. The molecule has 3 rings (SSSR count). The number of methoxy groups -OCH3 is 1. The number of fused-ring (bicyclic) bond motifs is 1. The summed E-state index contributed by atoms with van der Waals surface area (Å²) in [6.45, 7) is 4.39. The second kappa shape index (κ2) is 5.35. The molecule has 0 radical (unpaired) electrons. The summed E-state index contributed by atoms with van der Waals surface area (Å²) in [6, 6.07) is -0.156. The van der Waals surface area contributed by atoms with Gasteiger partial charge in [0, 0.05) is 31.6 Å². The highest BCUT2D eigenvalue weighted by molar-refractivity contribution is 7.89. The number of hydrogen-bond donors (Lipinski definition) is 1. The van der Waals surface area contributed by atoms with Gasteiger partial charge < -0.3 is 14.0 Å². The summed E-state index contributed by atoms with van der Waals surface area (Å²) in [7, 11) is -2.03. The molecule has 2 heterocycles. The number of nitrogens with one attached hydrogen (secondary N) is 1. The number of rotatable bonds is 5. The molecule has 1 aromatic heterocycles. The highest BCUT2D eigenvalue weighted by atomic mass is 32.2. The van der Waals surface area contributed by atoms with Crippen molar-refractivity contribution in [2.24, 2.45) is 11.8 Å². The fraction of sp³-hybridized carbons (Fsp3) is 0.769. The zero-order valence-corrected chi connectivity index (χ0v) is 13.1. The third kappa shape index (κ3) is 2.40. The van der Waals surface area contributed by atoms with Crippen LogP contribution in [0, 0.1) is 25.7 Å². The van der Waals surface area contributed by atoms with E-state index < -0.39 is 10.0 Å². The van der Waals surface area contributed by atoms with Crippen molar-refractivity contribution in [1.82, 2.24) is 9.88 Å². The maximum absolute atomic E-state index is 12.6. The Morgan fingerprint density at radius 2 is 2.19 bits per heavy atom. The van der Waals surface area contributed by atoms with Crippen molar-refractivity contribution in [1.29, 1.82) is 0 Å². The Balaban J connectivity index is 1.82. The average molecular weight is 316 g/mol. The second-order valence-electron chi connectivity index (χ2n) is 5.71. The van der Waals surface area contributed by atoms with Crippen LogP contribution in [0.4, 0.5) is 0 Å². The van der Waals surface area contributed by atoms with Crippen LogP contribution in [0.1, 0.15) is 17.9 Å². The first-order valence-corrected chi connectivity index (χ1v) is 8.49. The normalized spacial score (nSPS) is 32.0. The Kier molecular flexibility index (Phi) is 3.81. The predicted molar refractivity (Wildman–Crippen MR) is 73.3 cm³/mol. The van der Waals surface area contributed by atoms with Gasteiger partial charge in [-0.1, -0.05) is 5.16 Å². The van der Waals surface area contributed by atoms with Gasteiger partial charge in [-0.15, -0.1) is 0 Å². The molecular formula is C13H20N2O5S. The number of hydrogen-bond acceptors (Lipinski definition) is 6. The lowest BCUT2D eigenvalue weighted by molar-refractivity contribution is -0.0775. The van der Waals surface area contributed by atoms with E-state index in [4.69, 9.17) is 14.0 Å². The van der Waals surface area contributed by atoms with E-state index >= 15 is 0 Å². The number of nitrogens with zero attached hydrogens (tertiary/aromatic N) is 1. The molecule has 0 spiro atoms. The third-order valence-electron chi connectivity index (χ3n) is 4.41. The van der Waals surface area contributed by atoms with E-state index in [1.165, 1.54) is 0 Å². The molecule has 1 aliphatic carbocycles. The maximum Gasteiger partial charge on any atom is 0.246 e. The summed E-state index contributed by atoms with van der Waals surface area (Å²) in [5.74, 6) is 0.583. The fourth-order valence-electron chi connectivity index (χ4n) is 3.49. The topological polar surface area (TPSA) is 90.7 Å². The first-order valence-electron chi connectivity index (χ1n) is 7.01. The van der Waals surface area contributed by atoms with Crippen LogP contribution in [0.25, 0.3) is 0 Å². The molecule has 0 aromatic carbocycles. The summed E-state index contributed by atoms with van der Waals surface area (Å²) < 4.78 is 43.8. The van der Waals surface area contributed by atoms with Gasteiger partial charge in [0.1, 0.15) is 10.6 Å². The average Bonchev–Trinajstić information content (AvgIpc) is 2.98. The van der Waals surface area contributed by atoms with E-state index in [1.54, 1.807) is 21.0 Å². The highest BCUT2D eigenvalue weighted by Crippen LogP contribution is 2.44. The molecule has 2 aliphatic rings. The van der Waals surface area contributed by atoms with E-state index in [1.807, 2.05) is 0 Å². The smallest absolute Gasteiger partial charge is 0.246 e. The van der Waals surface area contributed by atoms with Crippen molar-refractivity contribution in [2.45, 2.75) is 37.3 Å². The van der Waals surface area contributed by atoms with E-state index in [9.17, 15) is 8.42 Å². The Labute approximate surface area is 124 Å². The maximum atomic E-state index is 12.6. The molecule has 8 heteroatoms. The van der Waals surface area contributed by atoms with E-state index in [-0.39, 0.29) is 28.9 Å². The Morgan fingerprint density at radius 1 is 1.43 bits per heavy atom. The third-order valence-corrected chi connectivity index (χ3v) is 6.12. The molecule has 4 atom stereocenters. The van der Waals surface area contributed by atoms with Gasteiger partial charge in [-0.3, -0.25) is 0 Å². The van der Waals surface area contributed by atoms with Crippen LogP contribution >= 0.6 is 0 Å². The molecule has 1 aliphatic heterocycles. The van der Waals surface area contributed by atoms with Gasteiger partial charge >= 0.3 is 0 Å². The van der Waals surface area contributed by atoms with Crippen LogP contribution in [-0.4, -0.2) is 46.0 Å². The quantitative estimate of drug-likeness (QED) is 0.856. The van der Waals surface area contributed by atoms with Crippen LogP contribution in [0.3, 0.4) is 0 Å². The van der Waals surface area contributed by atoms with Crippen molar-refractivity contribution in [2.75, 3.05) is 20.3 Å². The SMILES string of the molecule is COCC1C(NS(=O)(=O)c2c(C)noc2C)C2CCOC21. The monoisotopic (exact) mass is 316 g/mol. The minimum absolute atomic E-state index is 0.0535. The Bertz CT molecular complexity index is 607. The molecule has 1 saturated heterocycles. The molecule has 1 aromatic rings. The van der Waals surface area contributed by atoms with Crippen molar-refractivity contribution >= 4 is 10.0 Å². The van der Waals surface area contributed by atoms with Crippen LogP contribution in [0.2, 0.25) is 0 Å². The van der Waals surface area contributed by atoms with Crippen LogP contribution in [0.5, 0.6) is 0 Å². The van der Waals surface area contributed by atoms with Gasteiger partial charge in [-0.2, -0.15) is 0 Å². The first kappa shape index (κ1) is 15.0. The molecule has 2 fully saturated rings. The molecule has 4 unspecified atom stereocenters. The van der Waals surface area contributed by atoms with Gasteiger partial charge in [0.05, 0.1) is 12.7 Å². The summed E-state index contributed by atoms with van der Waals surface area (Å²) in [5.41, 5.74) is 0.377. The van der Waals surface area contributed by atoms with Gasteiger partial charge in [-0.05, 0) is 20.3 Å². The lowest BCUT2D eigenvalue weighted by Gasteiger charge is -2.47. The van der Waals surface area contributed by atoms with Crippen LogP contribution in [-0.2, 0) is 19.5 Å². The Morgan fingerprint density at radius 3 is 2.81 bits per heavy atom. The highest BCUT2D eigenvalue weighted by Gasteiger charge is 2.55. The lowest BCUT2D eigenvalue weighted by Crippen LogP contribution is -2.62. The fourth-order valence-corrected chi connectivity index (χ4v) is 5.16. The molecule has 1 saturated carbocycles. The van der Waals surface area contributed by atoms with Gasteiger partial charge in [-0.25, -0.2) is 13.1 Å². The predicted octanol–water partition coefficient (Wildman–Crippen LogP) is 0.620. The summed E-state index contributed by atoms with van der Waals surface area (Å²) in [4.78, 5) is 0.140. The molecule has 7 nitrogen and oxygen atoms in total. The number of aromatic nitrogens is 1. The molecule has 0 bridgehead atoms. The van der Waals surface area contributed by atoms with E-state index in [0.717, 1.165) is 6.42 Å². The summed E-state index contributed by atoms with van der Waals surface area (Å²) >= 11 is 0. The minimum atomic E-state index is -3.65. The van der Waals surface area contributed by atoms with Crippen molar-refractivity contribution in [3.63, 3.8) is 0 Å². The van der Waals surface area contributed by atoms with E-state index in [2.05, 4.69) is 9.88 Å². The number of sulfonamides is 1. The molecule has 21 heavy (non-hydrogen) atoms. The van der Waals surface area contributed by atoms with Crippen molar-refractivity contribution in [3.8, 4) is 0 Å². The van der Waals surface area contributed by atoms with Crippen LogP contribution < -0.4 is 4.72 Å². The Hall–Kier alpha value is -0.960. The largest absolute Gasteiger partial charge is 0.384 e. The summed E-state index contributed by atoms with van der Waals surface area (Å²) in [5, 5.41) is 3.71. The standard InChI is InChI=1S/C13H20N2O5S/c1-7-13(8(2)20-14-7)21(16,17)15-11-9-4-5-19-12(9)10(11)6-18-3/h9-12,15H,4-6H2,1-3H3. The number of ether oxygens (including phenoxy) is 2. The summed E-state index contributed by atoms with van der Waals surface area (Å²) in [6.07, 6.45) is 0.974. The zero-order valence-electron chi connectivity index (χ0n) is 12.3. The minimum Gasteiger partial charge on any atom is -0.384 e. The lowest BCUT2D eigenvalue weighted by atomic mass is 9.68. The van der Waals surface area contributed by atoms with E-state index in [0.29, 0.717) is 24.7 Å². The van der Waals surface area contributed by atoms with Crippen LogP contribution in [0.15, 0.2) is 9.42 Å². The molecule has 1 N–H and O–H groups in total. The van der Waals surface area contributed by atoms with Gasteiger partial charge in [0.25, 0.3) is 0 Å². The van der Waals surface area contributed by atoms with Crippen molar-refractivity contribution in [3.05, 3.63) is 11.5 Å². The van der Waals surface area contributed by atoms with Gasteiger partial charge in [0.2, 0.25) is 10.0 Å². The first-order chi connectivity index (χ1) is 9.95. The van der Waals surface area contributed by atoms with Gasteiger partial charge in [0.15, 0.2) is 5.76 Å².